The van der Waals surface area contributed by atoms with Crippen molar-refractivity contribution < 1.29 is 58.2 Å². The molecule has 1 fully saturated rings. The van der Waals surface area contributed by atoms with Crippen LogP contribution in [-0.4, -0.2) is 89.2 Å². The van der Waals surface area contributed by atoms with E-state index in [2.05, 4.69) is 130 Å². The van der Waals surface area contributed by atoms with E-state index >= 15 is 0 Å². The molecule has 496 valence electrons. The summed E-state index contributed by atoms with van der Waals surface area (Å²) in [5.74, 6) is -3.17. The number of hydrogen-bond donors (Lipinski definition) is 3. The Bertz CT molecular complexity index is 1930. The number of aliphatic hydroxyl groups is 2. The monoisotopic (exact) mass is 1220 g/mol. The Balaban J connectivity index is 2.67. The van der Waals surface area contributed by atoms with Crippen molar-refractivity contribution >= 4 is 23.9 Å². The third kappa shape index (κ3) is 50.9. The molecular weight excluding hydrogens is 1090 g/mol. The molecule has 12 heteroatoms. The van der Waals surface area contributed by atoms with E-state index in [0.29, 0.717) is 19.3 Å². The maximum absolute atomic E-state index is 13.2. The molecule has 0 radical (unpaired) electrons. The van der Waals surface area contributed by atoms with Crippen LogP contribution in [-0.2, 0) is 42.9 Å². The molecule has 1 heterocycles. The van der Waals surface area contributed by atoms with Gasteiger partial charge in [-0.05, 0) is 103 Å². The van der Waals surface area contributed by atoms with E-state index < -0.39 is 67.3 Å². The third-order valence-electron chi connectivity index (χ3n) is 15.3. The van der Waals surface area contributed by atoms with E-state index in [4.69, 9.17) is 23.7 Å². The standard InChI is InChI=1S/C75H124O12/c1-4-7-10-13-16-19-22-25-28-31-34-37-40-43-46-49-52-55-58-61-67(76)83-64-66(85-68(77)62-59-56-53-50-47-44-41-38-35-32-29-26-23-20-17-14-11-8-5-2)65-84-75-73(71(80)70(79)72(87-75)74(81)82)86-69(78)63-60-57-54-51-48-45-42-39-36-33-30-27-24-21-18-15-12-9-6-3/h7-8,10-11,16-17,19-20,25-26,28-29,34-35,37-38,43,46,66,70-73,75,79-80H,4-6,9,12-15,18,21-24,27,30-33,36,39-42,44-45,47-65H2,1-3H3,(H,81,82)/b10-7-,11-8-,19-16-,20-17-,28-25-,29-26-,37-34-,38-35-,46-43-. The van der Waals surface area contributed by atoms with Gasteiger partial charge >= 0.3 is 23.9 Å². The van der Waals surface area contributed by atoms with Gasteiger partial charge in [0.25, 0.3) is 0 Å². The number of esters is 3. The van der Waals surface area contributed by atoms with E-state index in [9.17, 15) is 34.5 Å². The molecule has 0 aromatic heterocycles. The van der Waals surface area contributed by atoms with Gasteiger partial charge in [-0.1, -0.05) is 278 Å². The molecule has 0 bridgehead atoms. The van der Waals surface area contributed by atoms with Crippen LogP contribution in [0.4, 0.5) is 0 Å². The van der Waals surface area contributed by atoms with Crippen molar-refractivity contribution in [1.82, 2.24) is 0 Å². The number of unbranched alkanes of at least 4 members (excludes halogenated alkanes) is 27. The second-order valence-electron chi connectivity index (χ2n) is 23.4. The van der Waals surface area contributed by atoms with Crippen LogP contribution in [0.3, 0.4) is 0 Å². The van der Waals surface area contributed by atoms with E-state index in [-0.39, 0.29) is 25.9 Å². The molecule has 0 spiro atoms. The molecule has 0 amide bonds. The fourth-order valence-electron chi connectivity index (χ4n) is 10.1. The van der Waals surface area contributed by atoms with Gasteiger partial charge in [-0.25, -0.2) is 4.79 Å². The first-order valence-electron chi connectivity index (χ1n) is 34.9. The number of carbonyl (C=O) groups is 4. The lowest BCUT2D eigenvalue weighted by Gasteiger charge is -2.40. The minimum Gasteiger partial charge on any atom is -0.479 e. The lowest BCUT2D eigenvalue weighted by atomic mass is 9.98. The van der Waals surface area contributed by atoms with Crippen LogP contribution in [0.25, 0.3) is 0 Å². The number of allylic oxidation sites excluding steroid dienone is 18. The molecule has 0 aliphatic carbocycles. The van der Waals surface area contributed by atoms with Crippen LogP contribution in [0.15, 0.2) is 109 Å². The SMILES string of the molecule is CC/C=C\C/C=C\C/C=C\C/C=C\C/C=C\CCCCCC(=O)OCC(COC1OC(C(=O)O)C(O)C(O)C1OC(=O)CCCCCCCCCCCCCCCCCCCCC)OC(=O)CCCCCCCC/C=C\C/C=C\C/C=C\C/C=C\CC. The molecule has 0 aromatic carbocycles. The minimum atomic E-state index is -1.91. The lowest BCUT2D eigenvalue weighted by Crippen LogP contribution is -2.61. The van der Waals surface area contributed by atoms with Gasteiger partial charge in [-0.15, -0.1) is 0 Å². The molecule has 12 nitrogen and oxygen atoms in total. The van der Waals surface area contributed by atoms with Crippen LogP contribution >= 0.6 is 0 Å². The molecule has 0 saturated carbocycles. The van der Waals surface area contributed by atoms with Crippen LogP contribution in [0.5, 0.6) is 0 Å². The zero-order valence-electron chi connectivity index (χ0n) is 55.0. The fourth-order valence-corrected chi connectivity index (χ4v) is 10.1. The van der Waals surface area contributed by atoms with Crippen molar-refractivity contribution in [2.75, 3.05) is 13.2 Å². The summed E-state index contributed by atoms with van der Waals surface area (Å²) in [4.78, 5) is 51.5. The van der Waals surface area contributed by atoms with Gasteiger partial charge in [0.05, 0.1) is 6.61 Å². The van der Waals surface area contributed by atoms with E-state index in [1.165, 1.54) is 89.9 Å². The highest BCUT2D eigenvalue weighted by molar-refractivity contribution is 5.74. The zero-order chi connectivity index (χ0) is 63.1. The van der Waals surface area contributed by atoms with Gasteiger partial charge in [0, 0.05) is 19.3 Å². The molecule has 1 aliphatic heterocycles. The van der Waals surface area contributed by atoms with Crippen molar-refractivity contribution in [3.63, 3.8) is 0 Å². The van der Waals surface area contributed by atoms with Crippen molar-refractivity contribution in [2.45, 2.75) is 327 Å². The number of aliphatic hydroxyl groups excluding tert-OH is 2. The Morgan fingerprint density at radius 2 is 0.724 bits per heavy atom. The first kappa shape index (κ1) is 80.4. The number of carboxylic acid groups (broad SMARTS) is 1. The predicted molar refractivity (Wildman–Crippen MR) is 358 cm³/mol. The number of carboxylic acids is 1. The molecule has 6 unspecified atom stereocenters. The summed E-state index contributed by atoms with van der Waals surface area (Å²) in [6.45, 7) is 5.77. The molecule has 3 N–H and O–H groups in total. The maximum Gasteiger partial charge on any atom is 0.335 e. The van der Waals surface area contributed by atoms with E-state index in [1.807, 2.05) is 0 Å². The Kier molecular flexibility index (Phi) is 56.9. The number of ether oxygens (including phenoxy) is 5. The van der Waals surface area contributed by atoms with Crippen molar-refractivity contribution in [2.24, 2.45) is 0 Å². The normalized spacial score (nSPS) is 18.0. The molecule has 1 rings (SSSR count). The van der Waals surface area contributed by atoms with Gasteiger partial charge < -0.3 is 39.0 Å². The Morgan fingerprint density at radius 3 is 1.11 bits per heavy atom. The quantitative estimate of drug-likeness (QED) is 0.0228. The minimum absolute atomic E-state index is 0.0544. The molecule has 87 heavy (non-hydrogen) atoms. The lowest BCUT2D eigenvalue weighted by molar-refractivity contribution is -0.301. The smallest absolute Gasteiger partial charge is 0.335 e. The molecule has 1 aliphatic rings. The molecular formula is C75H124O12. The topological polar surface area (TPSA) is 175 Å². The highest BCUT2D eigenvalue weighted by Crippen LogP contribution is 2.27. The summed E-state index contributed by atoms with van der Waals surface area (Å²) >= 11 is 0. The maximum atomic E-state index is 13.2. The second kappa shape index (κ2) is 61.6. The largest absolute Gasteiger partial charge is 0.479 e. The zero-order valence-corrected chi connectivity index (χ0v) is 55.0. The van der Waals surface area contributed by atoms with E-state index in [1.54, 1.807) is 0 Å². The summed E-state index contributed by atoms with van der Waals surface area (Å²) in [6.07, 6.45) is 71.8. The highest BCUT2D eigenvalue weighted by atomic mass is 16.7. The van der Waals surface area contributed by atoms with Crippen molar-refractivity contribution in [3.05, 3.63) is 109 Å². The van der Waals surface area contributed by atoms with Crippen molar-refractivity contribution in [1.29, 1.82) is 0 Å². The number of aliphatic carboxylic acids is 1. The predicted octanol–water partition coefficient (Wildman–Crippen LogP) is 19.4. The van der Waals surface area contributed by atoms with Crippen LogP contribution in [0.2, 0.25) is 0 Å². The van der Waals surface area contributed by atoms with E-state index in [0.717, 1.165) is 141 Å². The average molecular weight is 1220 g/mol. The highest BCUT2D eigenvalue weighted by Gasteiger charge is 2.50. The Labute approximate surface area is 529 Å². The molecule has 1 saturated heterocycles. The summed E-state index contributed by atoms with van der Waals surface area (Å²) in [5.41, 5.74) is 0. The summed E-state index contributed by atoms with van der Waals surface area (Å²) in [5, 5.41) is 31.7. The van der Waals surface area contributed by atoms with Gasteiger partial charge in [0.2, 0.25) is 0 Å². The van der Waals surface area contributed by atoms with Gasteiger partial charge in [-0.3, -0.25) is 14.4 Å². The summed E-state index contributed by atoms with van der Waals surface area (Å²) in [7, 11) is 0. The summed E-state index contributed by atoms with van der Waals surface area (Å²) < 4.78 is 28.6. The number of rotatable bonds is 59. The third-order valence-corrected chi connectivity index (χ3v) is 15.3. The first-order valence-corrected chi connectivity index (χ1v) is 34.9. The van der Waals surface area contributed by atoms with Gasteiger partial charge in [0.15, 0.2) is 24.6 Å². The number of hydrogen-bond acceptors (Lipinski definition) is 11. The van der Waals surface area contributed by atoms with Gasteiger partial charge in [-0.2, -0.15) is 0 Å². The second-order valence-corrected chi connectivity index (χ2v) is 23.4. The average Bonchev–Trinajstić information content (AvgIpc) is 2.56. The summed E-state index contributed by atoms with van der Waals surface area (Å²) in [6, 6.07) is 0. The van der Waals surface area contributed by atoms with Gasteiger partial charge in [0.1, 0.15) is 18.8 Å². The molecule has 6 atom stereocenters. The van der Waals surface area contributed by atoms with Crippen molar-refractivity contribution in [3.8, 4) is 0 Å². The molecule has 0 aromatic rings. The van der Waals surface area contributed by atoms with Crippen LogP contribution in [0, 0.1) is 0 Å². The number of carbonyl (C=O) groups excluding carboxylic acids is 3. The Morgan fingerprint density at radius 1 is 0.391 bits per heavy atom. The van der Waals surface area contributed by atoms with Crippen LogP contribution in [0.1, 0.15) is 290 Å². The fraction of sp³-hybridized carbons (Fsp3) is 0.707. The van der Waals surface area contributed by atoms with Crippen LogP contribution < -0.4 is 0 Å². The Hall–Kier alpha value is -4.62. The first-order chi connectivity index (χ1) is 42.6.